The van der Waals surface area contributed by atoms with Crippen LogP contribution in [0.3, 0.4) is 0 Å². The highest BCUT2D eigenvalue weighted by Crippen LogP contribution is 2.49. The Morgan fingerprint density at radius 1 is 0.568 bits per heavy atom. The lowest BCUT2D eigenvalue weighted by molar-refractivity contribution is -0.257. The second kappa shape index (κ2) is 30.0. The second-order valence-corrected chi connectivity index (χ2v) is 26.3. The summed E-state index contributed by atoms with van der Waals surface area (Å²) in [7, 11) is 0. The molecular weight excluding hydrogens is 989 g/mol. The number of hydroxylamine groups is 1. The van der Waals surface area contributed by atoms with Crippen molar-refractivity contribution >= 4 is 35.6 Å². The van der Waals surface area contributed by atoms with Crippen LogP contribution >= 0.6 is 12.3 Å². The lowest BCUT2D eigenvalue weighted by Crippen LogP contribution is -2.47. The van der Waals surface area contributed by atoms with Crippen LogP contribution in [-0.4, -0.2) is 101 Å². The average Bonchev–Trinajstić information content (AvgIpc) is 3.40. The minimum Gasteiger partial charge on any atom is -0.481 e. The molecule has 7 atom stereocenters. The first-order valence-corrected chi connectivity index (χ1v) is 31.4. The van der Waals surface area contributed by atoms with E-state index in [0.717, 1.165) is 159 Å². The highest BCUT2D eigenvalue weighted by atomic mass is 32.2. The molecule has 0 saturated heterocycles. The fourth-order valence-corrected chi connectivity index (χ4v) is 15.9. The summed E-state index contributed by atoms with van der Waals surface area (Å²) in [5.41, 5.74) is 3.63. The predicted molar refractivity (Wildman–Crippen MR) is 282 cm³/mol. The number of nitrogens with one attached hydrogen (secondary N) is 2. The molecule has 4 N–H and O–H groups in total. The van der Waals surface area contributed by atoms with E-state index in [2.05, 4.69) is 36.5 Å². The van der Waals surface area contributed by atoms with Gasteiger partial charge in [-0.25, -0.2) is 9.78 Å². The van der Waals surface area contributed by atoms with Crippen molar-refractivity contribution in [1.29, 1.82) is 0 Å². The Kier molecular flexibility index (Phi) is 24.0. The van der Waals surface area contributed by atoms with Crippen molar-refractivity contribution in [3.8, 4) is 0 Å². The molecule has 0 aromatic carbocycles. The zero-order valence-corrected chi connectivity index (χ0v) is 46.9. The van der Waals surface area contributed by atoms with Crippen molar-refractivity contribution in [2.24, 2.45) is 46.8 Å². The van der Waals surface area contributed by atoms with Crippen molar-refractivity contribution in [2.75, 3.05) is 13.2 Å². The van der Waals surface area contributed by atoms with E-state index in [1.165, 1.54) is 32.1 Å². The third-order valence-electron chi connectivity index (χ3n) is 19.6. The number of carboxylic acid groups (broad SMARTS) is 1. The number of aliphatic carboxylic acids is 1. The Labute approximate surface area is 450 Å². The van der Waals surface area contributed by atoms with E-state index < -0.39 is 29.2 Å². The van der Waals surface area contributed by atoms with Crippen molar-refractivity contribution in [1.82, 2.24) is 10.8 Å². The van der Waals surface area contributed by atoms with Crippen LogP contribution in [0.4, 0.5) is 0 Å². The summed E-state index contributed by atoms with van der Waals surface area (Å²) in [4.78, 5) is 42.0. The largest absolute Gasteiger partial charge is 0.481 e. The fraction of sp³-hybridized carbons (Fsp3) is 0.964. The summed E-state index contributed by atoms with van der Waals surface area (Å²) in [5.74, 6) is -0.0695. The number of carbonyl (C=O) groups is 2. The number of amides is 1. The Morgan fingerprint density at radius 2 is 1.11 bits per heavy atom. The van der Waals surface area contributed by atoms with E-state index in [-0.39, 0.29) is 72.4 Å². The molecule has 8 rings (SSSR count). The molecule has 8 aliphatic carbocycles. The van der Waals surface area contributed by atoms with E-state index in [4.69, 9.17) is 36.1 Å². The van der Waals surface area contributed by atoms with Gasteiger partial charge in [0.15, 0.2) is 12.3 Å². The van der Waals surface area contributed by atoms with Crippen molar-refractivity contribution in [3.05, 3.63) is 0 Å². The molecule has 8 aliphatic rings. The van der Waals surface area contributed by atoms with Gasteiger partial charge in [-0.2, -0.15) is 9.69 Å². The molecule has 426 valence electrons. The molecule has 0 aromatic heterocycles. The van der Waals surface area contributed by atoms with E-state index in [0.29, 0.717) is 62.4 Å². The van der Waals surface area contributed by atoms with Crippen LogP contribution in [0, 0.1) is 46.8 Å². The van der Waals surface area contributed by atoms with E-state index in [1.54, 1.807) is 0 Å². The number of hydrogen-bond donors (Lipinski definition) is 4. The minimum absolute atomic E-state index is 0.0207. The summed E-state index contributed by atoms with van der Waals surface area (Å²) >= 11 is -0.940. The minimum atomic E-state index is -1.75. The number of carboxylic acids is 1. The average molecular weight is 1090 g/mol. The number of rotatable bonds is 24. The quantitative estimate of drug-likeness (QED) is 0.0308. The third-order valence-corrected chi connectivity index (χ3v) is 21.0. The first-order chi connectivity index (χ1) is 35.9. The van der Waals surface area contributed by atoms with Gasteiger partial charge in [-0.3, -0.25) is 27.4 Å². The fourth-order valence-electron chi connectivity index (χ4n) is 14.6. The van der Waals surface area contributed by atoms with E-state index in [1.807, 2.05) is 0 Å². The topological polar surface area (TPSA) is 199 Å². The number of hydrogen-bond acceptors (Lipinski definition) is 15. The molecule has 0 aliphatic heterocycles. The summed E-state index contributed by atoms with van der Waals surface area (Å²) in [5, 5.41) is 22.5. The highest BCUT2D eigenvalue weighted by Gasteiger charge is 2.44. The van der Waals surface area contributed by atoms with Gasteiger partial charge >= 0.3 is 17.3 Å². The number of ether oxygens (including phenoxy) is 2. The summed E-state index contributed by atoms with van der Waals surface area (Å²) in [6, 6.07) is 0.309. The molecule has 7 unspecified atom stereocenters. The molecule has 0 spiro atoms. The normalized spacial score (nSPS) is 38.5. The highest BCUT2D eigenvalue weighted by molar-refractivity contribution is 7.89. The van der Waals surface area contributed by atoms with Crippen LogP contribution in [0.1, 0.15) is 220 Å². The van der Waals surface area contributed by atoms with Crippen molar-refractivity contribution in [3.63, 3.8) is 0 Å². The number of carbonyl (C=O) groups excluding carboxylic acids is 1. The molecule has 8 fully saturated rings. The van der Waals surface area contributed by atoms with Gasteiger partial charge in [-0.15, -0.1) is 4.33 Å². The van der Waals surface area contributed by atoms with Crippen molar-refractivity contribution < 1.29 is 65.1 Å². The Bertz CT molecular complexity index is 1670. The van der Waals surface area contributed by atoms with E-state index in [9.17, 15) is 24.2 Å². The maximum absolute atomic E-state index is 13.6. The van der Waals surface area contributed by atoms with Gasteiger partial charge in [-0.05, 0) is 215 Å². The molecule has 8 saturated carbocycles. The van der Waals surface area contributed by atoms with Gasteiger partial charge in [0.05, 0.1) is 73.9 Å². The maximum Gasteiger partial charge on any atom is 0.307 e. The summed E-state index contributed by atoms with van der Waals surface area (Å²) < 4.78 is 49.0. The Morgan fingerprint density at radius 3 is 1.70 bits per heavy atom. The van der Waals surface area contributed by atoms with Crippen LogP contribution in [0.2, 0.25) is 0 Å². The Hall–Kier alpha value is -1.00. The second-order valence-electron chi connectivity index (χ2n) is 25.0. The molecular formula is C56H96N2O14S2. The monoisotopic (exact) mass is 1080 g/mol. The standard InChI is InChI=1S/C56H96N2O14S2/c1-37-9-20-48(21-10-37)68-72-73-69-50-31-32-52(55(60)61)53(34-50)54(59)57-42-16-27-46(28-17-42)66-44-23-12-40(13-24-44)56(2,3)41-14-25-45(26-15-41)67-47-29-18-43(19-30-47)58-64-35-39-33-51(22-11-38(39)36-65-62)71-74(63)70-49-7-5-4-6-8-49/h37-53,58,62H,4-36H2,1-3H3,(H,57,59)(H,60,61). The molecule has 0 radical (unpaired) electrons. The van der Waals surface area contributed by atoms with Gasteiger partial charge in [0, 0.05) is 12.1 Å². The molecule has 0 aromatic rings. The van der Waals surface area contributed by atoms with Gasteiger partial charge in [-0.1, -0.05) is 40.0 Å². The van der Waals surface area contributed by atoms with E-state index >= 15 is 0 Å². The lowest BCUT2D eigenvalue weighted by Gasteiger charge is -2.47. The van der Waals surface area contributed by atoms with Crippen molar-refractivity contribution in [2.45, 2.75) is 281 Å². The van der Waals surface area contributed by atoms with Crippen LogP contribution in [0.5, 0.6) is 0 Å². The predicted octanol–water partition coefficient (Wildman–Crippen LogP) is 11.6. The van der Waals surface area contributed by atoms with Gasteiger partial charge in [0.2, 0.25) is 5.91 Å². The first kappa shape index (κ1) is 59.1. The van der Waals surface area contributed by atoms with Crippen LogP contribution in [0.25, 0.3) is 0 Å². The zero-order valence-electron chi connectivity index (χ0n) is 45.3. The van der Waals surface area contributed by atoms with Gasteiger partial charge in [0.1, 0.15) is 0 Å². The Balaban J connectivity index is 0.663. The first-order valence-electron chi connectivity index (χ1n) is 29.8. The molecule has 1 amide bonds. The van der Waals surface area contributed by atoms with Crippen LogP contribution < -0.4 is 10.8 Å². The SMILES string of the molecule is CC1CCC(OOSOC2CCC(C(=O)O)C(C(=O)NC3CCC(OC4CCC(C(C)(C)C5CCC(OC6CCC(NOCC7CC(OS(=O)OC8CCCCC8)CCC7COO)CC6)CC5)CC4)CC3)C2)CC1. The third kappa shape index (κ3) is 18.0. The molecule has 0 bridgehead atoms. The molecule has 18 heteroatoms. The maximum atomic E-state index is 13.6. The van der Waals surface area contributed by atoms with Gasteiger partial charge in [0.25, 0.3) is 0 Å². The molecule has 16 nitrogen and oxygen atoms in total. The van der Waals surface area contributed by atoms with Crippen LogP contribution in [-0.2, 0) is 61.9 Å². The summed E-state index contributed by atoms with van der Waals surface area (Å²) in [6.07, 6.45) is 30.8. The summed E-state index contributed by atoms with van der Waals surface area (Å²) in [6.45, 7) is 8.04. The smallest absolute Gasteiger partial charge is 0.307 e. The zero-order chi connectivity index (χ0) is 51.9. The van der Waals surface area contributed by atoms with Crippen LogP contribution in [0.15, 0.2) is 0 Å². The molecule has 0 heterocycles. The molecule has 74 heavy (non-hydrogen) atoms. The lowest BCUT2D eigenvalue weighted by atomic mass is 9.60. The van der Waals surface area contributed by atoms with Gasteiger partial charge < -0.3 is 24.7 Å².